The van der Waals surface area contributed by atoms with Crippen LogP contribution in [0.3, 0.4) is 0 Å². The second-order valence-corrected chi connectivity index (χ2v) is 6.08. The molecule has 0 aliphatic rings. The summed E-state index contributed by atoms with van der Waals surface area (Å²) < 4.78 is 5.81. The van der Waals surface area contributed by atoms with Gasteiger partial charge in [-0.1, -0.05) is 51.1 Å². The predicted molar refractivity (Wildman–Crippen MR) is 94.7 cm³/mol. The van der Waals surface area contributed by atoms with Crippen LogP contribution in [-0.4, -0.2) is 6.10 Å². The van der Waals surface area contributed by atoms with Gasteiger partial charge in [-0.25, -0.2) is 0 Å². The molecule has 0 heterocycles. The molecule has 2 aromatic rings. The Morgan fingerprint density at radius 1 is 0.955 bits per heavy atom. The molecule has 0 spiro atoms. The Morgan fingerprint density at radius 3 is 2.27 bits per heavy atom. The zero-order chi connectivity index (χ0) is 15.9. The fraction of sp³-hybridized carbons (Fsp3) is 0.400. The summed E-state index contributed by atoms with van der Waals surface area (Å²) in [5.74, 6) is 1.47. The molecule has 0 fully saturated rings. The molecule has 0 radical (unpaired) electrons. The van der Waals surface area contributed by atoms with Gasteiger partial charge in [-0.05, 0) is 48.6 Å². The second-order valence-electron chi connectivity index (χ2n) is 6.08. The summed E-state index contributed by atoms with van der Waals surface area (Å²) in [6.07, 6.45) is 1.29. The standard InChI is InChI=1S/C20H27NO/c1-5-16(4)22-18-12-10-17(11-13-18)14-21-20-9-7-6-8-19(20)15(2)3/h6-13,15-16,21H,5,14H2,1-4H3. The largest absolute Gasteiger partial charge is 0.491 e. The summed E-state index contributed by atoms with van der Waals surface area (Å²) in [6.45, 7) is 9.50. The summed E-state index contributed by atoms with van der Waals surface area (Å²) in [4.78, 5) is 0. The van der Waals surface area contributed by atoms with Crippen molar-refractivity contribution in [1.82, 2.24) is 0 Å². The van der Waals surface area contributed by atoms with Crippen molar-refractivity contribution in [1.29, 1.82) is 0 Å². The maximum Gasteiger partial charge on any atom is 0.119 e. The van der Waals surface area contributed by atoms with Crippen molar-refractivity contribution >= 4 is 5.69 Å². The Labute approximate surface area is 134 Å². The first-order valence-electron chi connectivity index (χ1n) is 8.18. The topological polar surface area (TPSA) is 21.3 Å². The minimum Gasteiger partial charge on any atom is -0.491 e. The molecule has 0 saturated heterocycles. The summed E-state index contributed by atoms with van der Waals surface area (Å²) in [7, 11) is 0. The lowest BCUT2D eigenvalue weighted by Crippen LogP contribution is -2.09. The van der Waals surface area contributed by atoms with Crippen LogP contribution < -0.4 is 10.1 Å². The first-order chi connectivity index (χ1) is 10.6. The third-order valence-corrected chi connectivity index (χ3v) is 3.90. The summed E-state index contributed by atoms with van der Waals surface area (Å²) in [5, 5.41) is 3.54. The highest BCUT2D eigenvalue weighted by atomic mass is 16.5. The van der Waals surface area contributed by atoms with E-state index < -0.39 is 0 Å². The van der Waals surface area contributed by atoms with E-state index in [2.05, 4.69) is 81.5 Å². The molecule has 2 heteroatoms. The van der Waals surface area contributed by atoms with Gasteiger partial charge in [-0.15, -0.1) is 0 Å². The van der Waals surface area contributed by atoms with Crippen molar-refractivity contribution in [2.24, 2.45) is 0 Å². The number of para-hydroxylation sites is 1. The number of anilines is 1. The summed E-state index contributed by atoms with van der Waals surface area (Å²) in [6, 6.07) is 16.9. The highest BCUT2D eigenvalue weighted by Crippen LogP contribution is 2.24. The van der Waals surface area contributed by atoms with Gasteiger partial charge in [0, 0.05) is 12.2 Å². The van der Waals surface area contributed by atoms with Crippen molar-refractivity contribution in [3.05, 3.63) is 59.7 Å². The fourth-order valence-corrected chi connectivity index (χ4v) is 2.36. The molecule has 0 saturated carbocycles. The van der Waals surface area contributed by atoms with Crippen LogP contribution in [0.2, 0.25) is 0 Å². The number of benzene rings is 2. The quantitative estimate of drug-likeness (QED) is 0.718. The van der Waals surface area contributed by atoms with E-state index in [1.807, 2.05) is 0 Å². The average molecular weight is 297 g/mol. The molecule has 2 rings (SSSR count). The number of hydrogen-bond donors (Lipinski definition) is 1. The molecule has 1 atom stereocenters. The molecule has 2 aromatic carbocycles. The third-order valence-electron chi connectivity index (χ3n) is 3.90. The Morgan fingerprint density at radius 2 is 1.64 bits per heavy atom. The minimum atomic E-state index is 0.266. The van der Waals surface area contributed by atoms with Gasteiger partial charge in [0.15, 0.2) is 0 Å². The van der Waals surface area contributed by atoms with E-state index >= 15 is 0 Å². The number of nitrogens with one attached hydrogen (secondary N) is 1. The molecule has 0 amide bonds. The zero-order valence-corrected chi connectivity index (χ0v) is 14.1. The van der Waals surface area contributed by atoms with E-state index in [9.17, 15) is 0 Å². The Balaban J connectivity index is 1.97. The smallest absolute Gasteiger partial charge is 0.119 e. The van der Waals surface area contributed by atoms with Gasteiger partial charge in [0.2, 0.25) is 0 Å². The normalized spacial score (nSPS) is 12.2. The van der Waals surface area contributed by atoms with Gasteiger partial charge < -0.3 is 10.1 Å². The van der Waals surface area contributed by atoms with E-state index in [0.29, 0.717) is 5.92 Å². The van der Waals surface area contributed by atoms with Crippen LogP contribution in [0.1, 0.15) is 51.2 Å². The van der Waals surface area contributed by atoms with Crippen LogP contribution in [0.5, 0.6) is 5.75 Å². The molecule has 0 aromatic heterocycles. The molecule has 1 unspecified atom stereocenters. The molecule has 1 N–H and O–H groups in total. The second kappa shape index (κ2) is 7.88. The monoisotopic (exact) mass is 297 g/mol. The molecule has 2 nitrogen and oxygen atoms in total. The van der Waals surface area contributed by atoms with Crippen molar-refractivity contribution in [3.8, 4) is 5.75 Å². The Hall–Kier alpha value is -1.96. The van der Waals surface area contributed by atoms with Crippen molar-refractivity contribution < 1.29 is 4.74 Å². The summed E-state index contributed by atoms with van der Waals surface area (Å²) >= 11 is 0. The van der Waals surface area contributed by atoms with Gasteiger partial charge in [-0.3, -0.25) is 0 Å². The maximum atomic E-state index is 5.81. The number of hydrogen-bond acceptors (Lipinski definition) is 2. The predicted octanol–water partition coefficient (Wildman–Crippen LogP) is 5.60. The molecule has 0 aliphatic carbocycles. The highest BCUT2D eigenvalue weighted by Gasteiger charge is 2.05. The van der Waals surface area contributed by atoms with E-state index in [0.717, 1.165) is 18.7 Å². The SMILES string of the molecule is CCC(C)Oc1ccc(CNc2ccccc2C(C)C)cc1. The van der Waals surface area contributed by atoms with E-state index in [-0.39, 0.29) is 6.10 Å². The molecular weight excluding hydrogens is 270 g/mol. The number of rotatable bonds is 7. The average Bonchev–Trinajstić information content (AvgIpc) is 2.54. The van der Waals surface area contributed by atoms with Crippen LogP contribution in [0, 0.1) is 0 Å². The van der Waals surface area contributed by atoms with Crippen LogP contribution in [-0.2, 0) is 6.54 Å². The highest BCUT2D eigenvalue weighted by molar-refractivity contribution is 5.52. The molecule has 0 aliphatic heterocycles. The van der Waals surface area contributed by atoms with Gasteiger partial charge in [-0.2, -0.15) is 0 Å². The maximum absolute atomic E-state index is 5.81. The van der Waals surface area contributed by atoms with E-state index in [1.54, 1.807) is 0 Å². The van der Waals surface area contributed by atoms with Gasteiger partial charge >= 0.3 is 0 Å². The Kier molecular flexibility index (Phi) is 5.88. The van der Waals surface area contributed by atoms with E-state index in [1.165, 1.54) is 16.8 Å². The van der Waals surface area contributed by atoms with Crippen LogP contribution >= 0.6 is 0 Å². The van der Waals surface area contributed by atoms with Crippen LogP contribution in [0.4, 0.5) is 5.69 Å². The molecule has 118 valence electrons. The molecular formula is C20H27NO. The van der Waals surface area contributed by atoms with Gasteiger partial charge in [0.1, 0.15) is 5.75 Å². The Bertz CT molecular complexity index is 575. The van der Waals surface area contributed by atoms with Crippen molar-refractivity contribution in [2.45, 2.75) is 52.7 Å². The van der Waals surface area contributed by atoms with Gasteiger partial charge in [0.05, 0.1) is 6.10 Å². The first kappa shape index (κ1) is 16.4. The number of ether oxygens (including phenoxy) is 1. The summed E-state index contributed by atoms with van der Waals surface area (Å²) in [5.41, 5.74) is 3.84. The lowest BCUT2D eigenvalue weighted by atomic mass is 10.0. The minimum absolute atomic E-state index is 0.266. The van der Waals surface area contributed by atoms with Crippen LogP contribution in [0.15, 0.2) is 48.5 Å². The fourth-order valence-electron chi connectivity index (χ4n) is 2.36. The molecule has 22 heavy (non-hydrogen) atoms. The van der Waals surface area contributed by atoms with Crippen molar-refractivity contribution in [3.63, 3.8) is 0 Å². The third kappa shape index (κ3) is 4.52. The lowest BCUT2D eigenvalue weighted by molar-refractivity contribution is 0.217. The first-order valence-corrected chi connectivity index (χ1v) is 8.18. The van der Waals surface area contributed by atoms with Crippen LogP contribution in [0.25, 0.3) is 0 Å². The zero-order valence-electron chi connectivity index (χ0n) is 14.1. The van der Waals surface area contributed by atoms with Gasteiger partial charge in [0.25, 0.3) is 0 Å². The molecule has 0 bridgehead atoms. The van der Waals surface area contributed by atoms with Crippen molar-refractivity contribution in [2.75, 3.05) is 5.32 Å². The van der Waals surface area contributed by atoms with E-state index in [4.69, 9.17) is 4.74 Å². The lowest BCUT2D eigenvalue weighted by Gasteiger charge is -2.15.